The fourth-order valence-corrected chi connectivity index (χ4v) is 3.80. The number of carbonyl (C=O) groups excluding carboxylic acids is 1. The lowest BCUT2D eigenvalue weighted by Gasteiger charge is -2.30. The smallest absolute Gasteiger partial charge is 0.367 e. The Hall–Kier alpha value is -2.59. The molecule has 0 radical (unpaired) electrons. The van der Waals surface area contributed by atoms with Gasteiger partial charge in [0.15, 0.2) is 5.41 Å². The van der Waals surface area contributed by atoms with Crippen molar-refractivity contribution < 1.29 is 35.9 Å². The molecule has 1 aliphatic heterocycles. The van der Waals surface area contributed by atoms with E-state index in [1.54, 1.807) is 4.90 Å². The quantitative estimate of drug-likeness (QED) is 0.557. The van der Waals surface area contributed by atoms with Crippen LogP contribution in [0.3, 0.4) is 0 Å². The number of amides is 1. The summed E-state index contributed by atoms with van der Waals surface area (Å²) in [7, 11) is 0. The summed E-state index contributed by atoms with van der Waals surface area (Å²) < 4.78 is 82.9. The van der Waals surface area contributed by atoms with E-state index in [9.17, 15) is 31.1 Å². The molecule has 1 unspecified atom stereocenters. The van der Waals surface area contributed by atoms with Crippen molar-refractivity contribution in [2.75, 3.05) is 19.7 Å². The number of carbonyl (C=O) groups is 1. The monoisotopic (exact) mass is 474 g/mol. The molecule has 1 fully saturated rings. The van der Waals surface area contributed by atoms with E-state index in [0.29, 0.717) is 17.7 Å². The predicted molar refractivity (Wildman–Crippen MR) is 109 cm³/mol. The molecule has 1 atom stereocenters. The van der Waals surface area contributed by atoms with E-state index < -0.39 is 36.8 Å². The van der Waals surface area contributed by atoms with Crippen LogP contribution in [0.25, 0.3) is 0 Å². The van der Waals surface area contributed by atoms with E-state index in [1.807, 2.05) is 30.3 Å². The second-order valence-corrected chi connectivity index (χ2v) is 8.13. The number of nitrogens with one attached hydrogen (secondary N) is 1. The van der Waals surface area contributed by atoms with Crippen LogP contribution < -0.4 is 5.32 Å². The maximum atomic E-state index is 14.0. The lowest BCUT2D eigenvalue weighted by Crippen LogP contribution is -2.52. The maximum absolute atomic E-state index is 14.0. The molecule has 33 heavy (non-hydrogen) atoms. The van der Waals surface area contributed by atoms with Crippen LogP contribution in [0.4, 0.5) is 26.3 Å². The van der Waals surface area contributed by atoms with Crippen molar-refractivity contribution in [2.45, 2.75) is 38.5 Å². The van der Waals surface area contributed by atoms with E-state index in [1.165, 1.54) is 24.3 Å². The van der Waals surface area contributed by atoms with Crippen LogP contribution in [0.15, 0.2) is 54.6 Å². The third-order valence-corrected chi connectivity index (χ3v) is 5.59. The van der Waals surface area contributed by atoms with Gasteiger partial charge in [0, 0.05) is 19.6 Å². The van der Waals surface area contributed by atoms with Crippen molar-refractivity contribution in [2.24, 2.45) is 5.41 Å². The molecule has 1 amide bonds. The van der Waals surface area contributed by atoms with Crippen molar-refractivity contribution in [1.29, 1.82) is 0 Å². The summed E-state index contributed by atoms with van der Waals surface area (Å²) in [5.74, 6) is -1.08. The molecule has 0 aliphatic carbocycles. The zero-order valence-electron chi connectivity index (χ0n) is 17.7. The number of hydrogen-bond acceptors (Lipinski definition) is 3. The van der Waals surface area contributed by atoms with Gasteiger partial charge in [-0.05, 0) is 29.7 Å². The molecule has 1 saturated heterocycles. The topological polar surface area (TPSA) is 41.6 Å². The second kappa shape index (κ2) is 10.1. The van der Waals surface area contributed by atoms with Crippen molar-refractivity contribution in [3.05, 3.63) is 71.3 Å². The standard InChI is InChI=1S/C23H24F6N2O2/c24-22(25,26)16-33-14-19-8-6-17(7-9-19)12-30-20(32)21(23(27,28)29)10-11-31(15-21)13-18-4-2-1-3-5-18/h1-9H,10-16H2,(H,30,32). The fourth-order valence-electron chi connectivity index (χ4n) is 3.80. The zero-order chi connectivity index (χ0) is 24.1. The van der Waals surface area contributed by atoms with Gasteiger partial charge in [-0.2, -0.15) is 26.3 Å². The lowest BCUT2D eigenvalue weighted by atomic mass is 9.85. The Morgan fingerprint density at radius 3 is 2.18 bits per heavy atom. The lowest BCUT2D eigenvalue weighted by molar-refractivity contribution is -0.218. The van der Waals surface area contributed by atoms with Crippen LogP contribution >= 0.6 is 0 Å². The van der Waals surface area contributed by atoms with Crippen molar-refractivity contribution >= 4 is 5.91 Å². The Bertz CT molecular complexity index is 915. The number of halogens is 6. The molecule has 0 aromatic heterocycles. The first-order chi connectivity index (χ1) is 15.5. The number of hydrogen-bond donors (Lipinski definition) is 1. The zero-order valence-corrected chi connectivity index (χ0v) is 17.7. The predicted octanol–water partition coefficient (Wildman–Crippen LogP) is 4.84. The van der Waals surface area contributed by atoms with Crippen molar-refractivity contribution in [3.8, 4) is 0 Å². The molecule has 0 spiro atoms. The number of likely N-dealkylation sites (tertiary alicyclic amines) is 1. The second-order valence-electron chi connectivity index (χ2n) is 8.13. The Morgan fingerprint density at radius 1 is 0.939 bits per heavy atom. The molecule has 1 aliphatic rings. The van der Waals surface area contributed by atoms with Gasteiger partial charge < -0.3 is 10.1 Å². The molecule has 0 bridgehead atoms. The van der Waals surface area contributed by atoms with E-state index in [2.05, 4.69) is 10.1 Å². The normalized spacial score (nSPS) is 19.6. The minimum absolute atomic E-state index is 0.126. The Balaban J connectivity index is 1.57. The number of benzene rings is 2. The van der Waals surface area contributed by atoms with Crippen LogP contribution in [0.5, 0.6) is 0 Å². The minimum atomic E-state index is -4.71. The van der Waals surface area contributed by atoms with E-state index in [0.717, 1.165) is 5.56 Å². The van der Waals surface area contributed by atoms with Gasteiger partial charge in [0.05, 0.1) is 6.61 Å². The highest BCUT2D eigenvalue weighted by Crippen LogP contribution is 2.46. The Morgan fingerprint density at radius 2 is 1.58 bits per heavy atom. The SMILES string of the molecule is O=C(NCc1ccc(COCC(F)(F)F)cc1)C1(C(F)(F)F)CCN(Cc2ccccc2)C1. The van der Waals surface area contributed by atoms with Gasteiger partial charge in [0.1, 0.15) is 6.61 Å². The highest BCUT2D eigenvalue weighted by Gasteiger charge is 2.62. The summed E-state index contributed by atoms with van der Waals surface area (Å²) in [6.07, 6.45) is -9.46. The summed E-state index contributed by atoms with van der Waals surface area (Å²) in [4.78, 5) is 14.3. The molecule has 3 rings (SSSR count). The molecule has 10 heteroatoms. The Kier molecular flexibility index (Phi) is 7.69. The molecule has 1 N–H and O–H groups in total. The highest BCUT2D eigenvalue weighted by atomic mass is 19.4. The van der Waals surface area contributed by atoms with Crippen LogP contribution in [-0.4, -0.2) is 42.9 Å². The van der Waals surface area contributed by atoms with Gasteiger partial charge in [-0.3, -0.25) is 9.69 Å². The first kappa shape index (κ1) is 25.0. The van der Waals surface area contributed by atoms with E-state index >= 15 is 0 Å². The van der Waals surface area contributed by atoms with Gasteiger partial charge in [0.25, 0.3) is 0 Å². The first-order valence-corrected chi connectivity index (χ1v) is 10.3. The number of rotatable bonds is 8. The molecule has 0 saturated carbocycles. The number of ether oxygens (including phenoxy) is 1. The van der Waals surface area contributed by atoms with Crippen LogP contribution in [-0.2, 0) is 29.2 Å². The highest BCUT2D eigenvalue weighted by molar-refractivity contribution is 5.84. The molecular formula is C23H24F6N2O2. The molecule has 180 valence electrons. The molecular weight excluding hydrogens is 450 g/mol. The van der Waals surface area contributed by atoms with Crippen LogP contribution in [0.1, 0.15) is 23.1 Å². The summed E-state index contributed by atoms with van der Waals surface area (Å²) in [6, 6.07) is 15.2. The third-order valence-electron chi connectivity index (χ3n) is 5.59. The minimum Gasteiger partial charge on any atom is -0.367 e. The average Bonchev–Trinajstić information content (AvgIpc) is 3.18. The summed E-state index contributed by atoms with van der Waals surface area (Å²) in [5, 5.41) is 2.39. The van der Waals surface area contributed by atoms with E-state index in [-0.39, 0.29) is 26.1 Å². The largest absolute Gasteiger partial charge is 0.411 e. The third kappa shape index (κ3) is 6.70. The van der Waals surface area contributed by atoms with Crippen molar-refractivity contribution in [1.82, 2.24) is 10.2 Å². The van der Waals surface area contributed by atoms with Gasteiger partial charge in [0.2, 0.25) is 5.91 Å². The van der Waals surface area contributed by atoms with Gasteiger partial charge in [-0.1, -0.05) is 54.6 Å². The summed E-state index contributed by atoms with van der Waals surface area (Å²) in [6.45, 7) is -1.70. The number of alkyl halides is 6. The molecule has 2 aromatic carbocycles. The molecule has 1 heterocycles. The molecule has 2 aromatic rings. The number of nitrogens with zero attached hydrogens (tertiary/aromatic N) is 1. The Labute approximate surface area is 187 Å². The van der Waals surface area contributed by atoms with E-state index in [4.69, 9.17) is 0 Å². The fraction of sp³-hybridized carbons (Fsp3) is 0.435. The van der Waals surface area contributed by atoms with Gasteiger partial charge in [-0.15, -0.1) is 0 Å². The van der Waals surface area contributed by atoms with Gasteiger partial charge >= 0.3 is 12.4 Å². The summed E-state index contributed by atoms with van der Waals surface area (Å²) in [5.41, 5.74) is -0.615. The average molecular weight is 474 g/mol. The first-order valence-electron chi connectivity index (χ1n) is 10.3. The van der Waals surface area contributed by atoms with Crippen molar-refractivity contribution in [3.63, 3.8) is 0 Å². The molecule has 4 nitrogen and oxygen atoms in total. The summed E-state index contributed by atoms with van der Waals surface area (Å²) >= 11 is 0. The van der Waals surface area contributed by atoms with Crippen LogP contribution in [0, 0.1) is 5.41 Å². The maximum Gasteiger partial charge on any atom is 0.411 e. The van der Waals surface area contributed by atoms with Gasteiger partial charge in [-0.25, -0.2) is 0 Å². The van der Waals surface area contributed by atoms with Crippen LogP contribution in [0.2, 0.25) is 0 Å².